The van der Waals surface area contributed by atoms with E-state index < -0.39 is 39.9 Å². The van der Waals surface area contributed by atoms with Gasteiger partial charge >= 0.3 is 10.2 Å². The number of carbonyl (C=O) groups is 1. The molecule has 0 aromatic heterocycles. The molecule has 2 fully saturated rings. The Morgan fingerprint density at radius 2 is 2.10 bits per heavy atom. The zero-order valence-electron chi connectivity index (χ0n) is 17.7. The number of phenolic OH excluding ortho intramolecular Hbond substituents is 1. The Morgan fingerprint density at radius 1 is 1.37 bits per heavy atom. The molecule has 168 valence electrons. The molecule has 3 rings (SSSR count). The van der Waals surface area contributed by atoms with E-state index in [-0.39, 0.29) is 5.54 Å². The summed E-state index contributed by atoms with van der Waals surface area (Å²) in [5.41, 5.74) is -0.139. The predicted molar refractivity (Wildman–Crippen MR) is 113 cm³/mol. The number of anilines is 1. The Balaban J connectivity index is 1.68. The highest BCUT2D eigenvalue weighted by Gasteiger charge is 2.37. The van der Waals surface area contributed by atoms with E-state index in [1.807, 2.05) is 0 Å². The summed E-state index contributed by atoms with van der Waals surface area (Å²) < 4.78 is 40.9. The van der Waals surface area contributed by atoms with Gasteiger partial charge in [0.05, 0.1) is 0 Å². The van der Waals surface area contributed by atoms with Crippen molar-refractivity contribution in [1.29, 1.82) is 0 Å². The van der Waals surface area contributed by atoms with Crippen molar-refractivity contribution in [1.82, 2.24) is 14.9 Å². The lowest BCUT2D eigenvalue weighted by molar-refractivity contribution is -0.117. The van der Waals surface area contributed by atoms with Gasteiger partial charge in [-0.15, -0.1) is 0 Å². The van der Waals surface area contributed by atoms with Crippen LogP contribution in [-0.4, -0.2) is 56.0 Å². The molecule has 2 aliphatic rings. The molecule has 0 bridgehead atoms. The summed E-state index contributed by atoms with van der Waals surface area (Å²) >= 11 is 0. The smallest absolute Gasteiger partial charge is 0.326 e. The summed E-state index contributed by atoms with van der Waals surface area (Å²) in [6.45, 7) is 9.37. The number of amides is 1. The van der Waals surface area contributed by atoms with E-state index in [0.29, 0.717) is 22.3 Å². The molecule has 1 atom stereocenters. The van der Waals surface area contributed by atoms with Crippen molar-refractivity contribution in [3.8, 4) is 5.75 Å². The number of halogens is 1. The first kappa shape index (κ1) is 22.8. The van der Waals surface area contributed by atoms with Crippen LogP contribution in [0.3, 0.4) is 0 Å². The summed E-state index contributed by atoms with van der Waals surface area (Å²) in [6.07, 6.45) is 3.22. The van der Waals surface area contributed by atoms with Crippen molar-refractivity contribution >= 4 is 21.8 Å². The number of nitrogens with one attached hydrogen (secondary N) is 2. The second-order valence-electron chi connectivity index (χ2n) is 8.96. The number of benzene rings is 1. The van der Waals surface area contributed by atoms with Gasteiger partial charge in [0.25, 0.3) is 5.91 Å². The monoisotopic (exact) mass is 442 g/mol. The van der Waals surface area contributed by atoms with Crippen LogP contribution in [0.25, 0.3) is 0 Å². The Bertz CT molecular complexity index is 885. The molecule has 3 N–H and O–H groups in total. The van der Waals surface area contributed by atoms with Gasteiger partial charge in [-0.2, -0.15) is 8.42 Å². The molecule has 1 aromatic carbocycles. The van der Waals surface area contributed by atoms with Gasteiger partial charge in [0.2, 0.25) is 0 Å². The molecule has 0 aliphatic carbocycles. The Labute approximate surface area is 177 Å². The maximum Gasteiger partial charge on any atom is 0.326 e. The molecule has 0 radical (unpaired) electrons. The summed E-state index contributed by atoms with van der Waals surface area (Å²) in [4.78, 5) is 13.8. The third-order valence-corrected chi connectivity index (χ3v) is 7.07. The number of likely N-dealkylation sites (tertiary alicyclic amines) is 1. The largest absolute Gasteiger partial charge is 0.506 e. The van der Waals surface area contributed by atoms with E-state index in [2.05, 4.69) is 31.0 Å². The maximum absolute atomic E-state index is 14.7. The molecular formula is C20H31FN4O4S. The fraction of sp³-hybridized carbons (Fsp3) is 0.650. The lowest BCUT2D eigenvalue weighted by Gasteiger charge is -2.41. The summed E-state index contributed by atoms with van der Waals surface area (Å²) in [6, 6.07) is 2.54. The maximum atomic E-state index is 14.7. The van der Waals surface area contributed by atoms with E-state index in [0.717, 1.165) is 38.9 Å². The molecule has 8 nitrogen and oxygen atoms in total. The van der Waals surface area contributed by atoms with Crippen molar-refractivity contribution < 1.29 is 22.7 Å². The predicted octanol–water partition coefficient (Wildman–Crippen LogP) is 1.70. The third kappa shape index (κ3) is 5.22. The van der Waals surface area contributed by atoms with Crippen LogP contribution in [-0.2, 0) is 21.5 Å². The van der Waals surface area contributed by atoms with E-state index in [4.69, 9.17) is 0 Å². The standard InChI is InChI=1S/C20H31FN4O4S/c1-14(2)5-8-24-7-4-6-20(3,13-24)22-11-15-9-16(21)19(17(26)10-15)25-12-18(27)23-30(25,28)29/h9-10,14,22,26H,4-8,11-13H2,1-3H3,(H,23,27)/t20-/m1/s1. The number of carbonyl (C=O) groups excluding carboxylic acids is 1. The van der Waals surface area contributed by atoms with Crippen molar-refractivity contribution in [3.05, 3.63) is 23.5 Å². The number of hydrogen-bond donors (Lipinski definition) is 3. The van der Waals surface area contributed by atoms with Gasteiger partial charge in [0, 0.05) is 18.6 Å². The molecule has 0 saturated carbocycles. The van der Waals surface area contributed by atoms with Crippen molar-refractivity contribution in [2.45, 2.75) is 52.1 Å². The van der Waals surface area contributed by atoms with Gasteiger partial charge < -0.3 is 15.3 Å². The Kier molecular flexibility index (Phi) is 6.59. The topological polar surface area (TPSA) is 102 Å². The highest BCUT2D eigenvalue weighted by molar-refractivity contribution is 7.92. The first-order valence-electron chi connectivity index (χ1n) is 10.3. The first-order valence-corrected chi connectivity index (χ1v) is 11.8. The van der Waals surface area contributed by atoms with Crippen LogP contribution < -0.4 is 14.3 Å². The van der Waals surface area contributed by atoms with Gasteiger partial charge in [-0.05, 0) is 62.9 Å². The number of rotatable bonds is 7. The van der Waals surface area contributed by atoms with E-state index in [1.54, 1.807) is 4.72 Å². The molecule has 0 unspecified atom stereocenters. The molecule has 2 saturated heterocycles. The van der Waals surface area contributed by atoms with E-state index >= 15 is 0 Å². The molecule has 2 heterocycles. The molecular weight excluding hydrogens is 411 g/mol. The minimum absolute atomic E-state index is 0.130. The SMILES string of the molecule is CC(C)CCN1CCC[C@@](C)(NCc2cc(O)c(N3CC(=O)NS3(=O)=O)c(F)c2)C1. The third-order valence-electron chi connectivity index (χ3n) is 5.69. The number of hydrogen-bond acceptors (Lipinski definition) is 6. The number of nitrogens with zero attached hydrogens (tertiary/aromatic N) is 2. The number of aromatic hydroxyl groups is 1. The second kappa shape index (κ2) is 8.68. The van der Waals surface area contributed by atoms with E-state index in [1.165, 1.54) is 12.1 Å². The number of phenols is 1. The van der Waals surface area contributed by atoms with Crippen LogP contribution in [0.1, 0.15) is 45.6 Å². The highest BCUT2D eigenvalue weighted by Crippen LogP contribution is 2.34. The van der Waals surface area contributed by atoms with Crippen LogP contribution in [0, 0.1) is 11.7 Å². The van der Waals surface area contributed by atoms with Crippen molar-refractivity contribution in [2.24, 2.45) is 5.92 Å². The molecule has 30 heavy (non-hydrogen) atoms. The molecule has 10 heteroatoms. The van der Waals surface area contributed by atoms with Crippen LogP contribution in [0.4, 0.5) is 10.1 Å². The van der Waals surface area contributed by atoms with Gasteiger partial charge in [-0.3, -0.25) is 4.79 Å². The lowest BCUT2D eigenvalue weighted by Crippen LogP contribution is -2.54. The van der Waals surface area contributed by atoms with Gasteiger partial charge in [-0.1, -0.05) is 13.8 Å². The molecule has 1 aromatic rings. The van der Waals surface area contributed by atoms with Crippen molar-refractivity contribution in [2.75, 3.05) is 30.5 Å². The number of piperidine rings is 1. The minimum atomic E-state index is -4.19. The van der Waals surface area contributed by atoms with E-state index in [9.17, 15) is 22.7 Å². The lowest BCUT2D eigenvalue weighted by atomic mass is 9.90. The zero-order chi connectivity index (χ0) is 22.1. The summed E-state index contributed by atoms with van der Waals surface area (Å²) in [7, 11) is -4.19. The summed E-state index contributed by atoms with van der Waals surface area (Å²) in [5.74, 6) is -1.52. The van der Waals surface area contributed by atoms with Crippen LogP contribution in [0.5, 0.6) is 5.75 Å². The highest BCUT2D eigenvalue weighted by atomic mass is 32.2. The normalized spacial score (nSPS) is 24.4. The van der Waals surface area contributed by atoms with Gasteiger partial charge in [0.15, 0.2) is 5.82 Å². The van der Waals surface area contributed by atoms with Crippen LogP contribution >= 0.6 is 0 Å². The van der Waals surface area contributed by atoms with Crippen LogP contribution in [0.2, 0.25) is 0 Å². The fourth-order valence-electron chi connectivity index (χ4n) is 4.07. The average Bonchev–Trinajstić information content (AvgIpc) is 2.90. The average molecular weight is 443 g/mol. The first-order chi connectivity index (χ1) is 14.0. The fourth-order valence-corrected chi connectivity index (χ4v) is 5.24. The van der Waals surface area contributed by atoms with Crippen molar-refractivity contribution in [3.63, 3.8) is 0 Å². The summed E-state index contributed by atoms with van der Waals surface area (Å²) in [5, 5.41) is 13.8. The molecule has 2 aliphatic heterocycles. The van der Waals surface area contributed by atoms with Gasteiger partial charge in [-0.25, -0.2) is 13.4 Å². The van der Waals surface area contributed by atoms with Crippen LogP contribution in [0.15, 0.2) is 12.1 Å². The van der Waals surface area contributed by atoms with Gasteiger partial charge in [0.1, 0.15) is 18.0 Å². The molecule has 1 amide bonds. The zero-order valence-corrected chi connectivity index (χ0v) is 18.6. The minimum Gasteiger partial charge on any atom is -0.506 e. The second-order valence-corrected chi connectivity index (χ2v) is 10.6. The Hall–Kier alpha value is -1.91. The molecule has 0 spiro atoms. The Morgan fingerprint density at radius 3 is 2.70 bits per heavy atom. The quantitative estimate of drug-likeness (QED) is 0.594.